The van der Waals surface area contributed by atoms with Gasteiger partial charge in [-0.3, -0.25) is 0 Å². The van der Waals surface area contributed by atoms with E-state index >= 15 is 0 Å². The molecule has 0 saturated heterocycles. The van der Waals surface area contributed by atoms with Crippen LogP contribution in [-0.2, 0) is 0 Å². The number of nitrogens with zero attached hydrogens (tertiary/aromatic N) is 4. The monoisotopic (exact) mass is 1150 g/mol. The zero-order chi connectivity index (χ0) is 56.4. The molecule has 0 spiro atoms. The first-order valence-corrected chi connectivity index (χ1v) is 31.5. The Balaban J connectivity index is 0.0000000957. The molecule has 14 aromatic rings. The summed E-state index contributed by atoms with van der Waals surface area (Å²) in [6.45, 7) is 0. The van der Waals surface area contributed by atoms with Crippen LogP contribution in [0.2, 0.25) is 0 Å². The third-order valence-electron chi connectivity index (χ3n) is 16.5. The van der Waals surface area contributed by atoms with Crippen molar-refractivity contribution in [2.75, 3.05) is 47.8 Å². The zero-order valence-corrected chi connectivity index (χ0v) is 50.1. The lowest BCUT2D eigenvalue weighted by Crippen LogP contribution is -2.15. The SMILES string of the molecule is CN1c2cc3ccccc3cc2Sc2ccc3ccccc3c21.CN1c2ccc3ccccc3c2Sc2ccc3ccccc3c21.CN1c2ccccc2Sc2c1ccc1ccccc21.CN1c2ccccc2Sc2cc3ccccc3cc21. The van der Waals surface area contributed by atoms with E-state index in [2.05, 4.69) is 315 Å². The minimum Gasteiger partial charge on any atom is -0.343 e. The van der Waals surface area contributed by atoms with Crippen molar-refractivity contribution in [1.82, 2.24) is 0 Å². The molecule has 4 heterocycles. The van der Waals surface area contributed by atoms with Crippen LogP contribution >= 0.6 is 47.0 Å². The van der Waals surface area contributed by atoms with Crippen LogP contribution in [0.15, 0.2) is 306 Å². The minimum atomic E-state index is 1.29. The second kappa shape index (κ2) is 21.8. The van der Waals surface area contributed by atoms with E-state index in [0.29, 0.717) is 0 Å². The van der Waals surface area contributed by atoms with Crippen molar-refractivity contribution >= 4 is 157 Å². The molecule has 0 unspecified atom stereocenters. The normalized spacial score (nSPS) is 13.2. The number of anilines is 8. The molecule has 0 atom stereocenters. The van der Waals surface area contributed by atoms with E-state index in [1.807, 2.05) is 47.0 Å². The van der Waals surface area contributed by atoms with Crippen LogP contribution in [0, 0.1) is 0 Å². The Kier molecular flexibility index (Phi) is 13.5. The maximum Gasteiger partial charge on any atom is 0.0629 e. The van der Waals surface area contributed by atoms with E-state index < -0.39 is 0 Å². The van der Waals surface area contributed by atoms with Gasteiger partial charge in [0.05, 0.1) is 45.5 Å². The van der Waals surface area contributed by atoms with E-state index in [-0.39, 0.29) is 0 Å². The quantitative estimate of drug-likeness (QED) is 0.147. The van der Waals surface area contributed by atoms with Crippen LogP contribution in [0.5, 0.6) is 0 Å². The molecule has 14 aromatic carbocycles. The van der Waals surface area contributed by atoms with Gasteiger partial charge >= 0.3 is 0 Å². The molecule has 0 bridgehead atoms. The molecule has 4 aliphatic heterocycles. The van der Waals surface area contributed by atoms with Crippen molar-refractivity contribution in [2.24, 2.45) is 0 Å². The smallest absolute Gasteiger partial charge is 0.0629 e. The van der Waals surface area contributed by atoms with Crippen molar-refractivity contribution in [3.8, 4) is 0 Å². The highest BCUT2D eigenvalue weighted by Crippen LogP contribution is 2.55. The van der Waals surface area contributed by atoms with Crippen LogP contribution in [0.25, 0.3) is 64.6 Å². The van der Waals surface area contributed by atoms with Crippen molar-refractivity contribution in [3.05, 3.63) is 267 Å². The largest absolute Gasteiger partial charge is 0.343 e. The lowest BCUT2D eigenvalue weighted by atomic mass is 10.1. The molecule has 0 radical (unpaired) electrons. The summed E-state index contributed by atoms with van der Waals surface area (Å²) in [6, 6.07) is 95.8. The molecule has 0 fully saturated rings. The summed E-state index contributed by atoms with van der Waals surface area (Å²) in [5.41, 5.74) is 10.4. The first-order valence-electron chi connectivity index (χ1n) is 28.3. The van der Waals surface area contributed by atoms with E-state index in [0.717, 1.165) is 0 Å². The van der Waals surface area contributed by atoms with Gasteiger partial charge in [-0.2, -0.15) is 0 Å². The maximum absolute atomic E-state index is 2.34. The van der Waals surface area contributed by atoms with Gasteiger partial charge in [0, 0.05) is 78.1 Å². The second-order valence-corrected chi connectivity index (χ2v) is 25.7. The van der Waals surface area contributed by atoms with Gasteiger partial charge in [0.1, 0.15) is 0 Å². The average molecular weight is 1150 g/mol. The van der Waals surface area contributed by atoms with Crippen molar-refractivity contribution in [1.29, 1.82) is 0 Å². The molecule has 8 heteroatoms. The summed E-state index contributed by atoms with van der Waals surface area (Å²) in [4.78, 5) is 19.9. The van der Waals surface area contributed by atoms with Gasteiger partial charge in [0.2, 0.25) is 0 Å². The molecule has 84 heavy (non-hydrogen) atoms. The number of rotatable bonds is 0. The molecule has 0 N–H and O–H groups in total. The molecular weight excluding hydrogens is 1100 g/mol. The molecule has 0 aliphatic carbocycles. The van der Waals surface area contributed by atoms with Gasteiger partial charge in [-0.05, 0) is 127 Å². The molecule has 18 rings (SSSR count). The fraction of sp³-hybridized carbons (Fsp3) is 0.0526. The molecule has 0 amide bonds. The predicted octanol–water partition coefficient (Wildman–Crippen LogP) is 22.6. The number of benzene rings is 14. The Morgan fingerprint density at radius 1 is 0.202 bits per heavy atom. The zero-order valence-electron chi connectivity index (χ0n) is 46.8. The standard InChI is InChI=1S/2C21H15NS.2C17H13NS/c1-22-18-12-10-15-7-3-5-9-17(15)21(18)23-19-13-11-14-6-2-4-8-16(14)20(19)22;1-22-18-12-15-7-2-3-8-16(15)13-20(18)23-19-11-10-14-6-4-5-9-17(14)21(19)22;1-18-14-8-4-5-9-16(14)19-17-11-13-7-3-2-6-12(13)10-15(17)18;1-18-14-8-4-5-9-16(14)19-17-13-7-3-2-6-12(13)10-11-15(17)18/h2*2-13H,1H3;2*2-11H,1H3. The van der Waals surface area contributed by atoms with E-state index in [4.69, 9.17) is 0 Å². The number of hydrogen-bond acceptors (Lipinski definition) is 8. The molecule has 404 valence electrons. The Bertz CT molecular complexity index is 4850. The van der Waals surface area contributed by atoms with Gasteiger partial charge in [-0.25, -0.2) is 0 Å². The van der Waals surface area contributed by atoms with Gasteiger partial charge in [-0.15, -0.1) is 0 Å². The van der Waals surface area contributed by atoms with Gasteiger partial charge < -0.3 is 19.6 Å². The van der Waals surface area contributed by atoms with Crippen LogP contribution in [-0.4, -0.2) is 28.2 Å². The molecule has 4 aliphatic rings. The Morgan fingerprint density at radius 2 is 0.512 bits per heavy atom. The number of hydrogen-bond donors (Lipinski definition) is 0. The highest BCUT2D eigenvalue weighted by atomic mass is 32.2. The summed E-state index contributed by atoms with van der Waals surface area (Å²) in [7, 11) is 8.65. The highest BCUT2D eigenvalue weighted by molar-refractivity contribution is 8.00. The van der Waals surface area contributed by atoms with Crippen LogP contribution < -0.4 is 19.6 Å². The first-order chi connectivity index (χ1) is 41.3. The van der Waals surface area contributed by atoms with Crippen LogP contribution in [0.4, 0.5) is 45.5 Å². The van der Waals surface area contributed by atoms with Crippen molar-refractivity contribution < 1.29 is 0 Å². The van der Waals surface area contributed by atoms with E-state index in [1.54, 1.807) is 0 Å². The lowest BCUT2D eigenvalue weighted by Gasteiger charge is -2.31. The fourth-order valence-electron chi connectivity index (χ4n) is 12.2. The van der Waals surface area contributed by atoms with Gasteiger partial charge in [0.25, 0.3) is 0 Å². The average Bonchev–Trinajstić information content (AvgIpc) is 2.44. The lowest BCUT2D eigenvalue weighted by molar-refractivity contribution is 1.12. The maximum atomic E-state index is 2.34. The van der Waals surface area contributed by atoms with Crippen LogP contribution in [0.3, 0.4) is 0 Å². The Morgan fingerprint density at radius 3 is 1.01 bits per heavy atom. The highest BCUT2D eigenvalue weighted by Gasteiger charge is 2.27. The number of para-hydroxylation sites is 2. The van der Waals surface area contributed by atoms with Crippen molar-refractivity contribution in [2.45, 2.75) is 39.2 Å². The summed E-state index contributed by atoms with van der Waals surface area (Å²) < 4.78 is 0. The van der Waals surface area contributed by atoms with Crippen LogP contribution in [0.1, 0.15) is 0 Å². The summed E-state index contributed by atoms with van der Waals surface area (Å²) >= 11 is 7.50. The van der Waals surface area contributed by atoms with E-state index in [1.165, 1.54) is 149 Å². The Labute approximate surface area is 507 Å². The van der Waals surface area contributed by atoms with Crippen molar-refractivity contribution in [3.63, 3.8) is 0 Å². The third kappa shape index (κ3) is 9.25. The summed E-state index contributed by atoms with van der Waals surface area (Å²) in [6.07, 6.45) is 0. The summed E-state index contributed by atoms with van der Waals surface area (Å²) in [5, 5.41) is 15.7. The predicted molar refractivity (Wildman–Crippen MR) is 365 cm³/mol. The molecular formula is C76H56N4S4. The fourth-order valence-corrected chi connectivity index (χ4v) is 17.2. The second-order valence-electron chi connectivity index (χ2n) is 21.5. The molecule has 4 nitrogen and oxygen atoms in total. The minimum absolute atomic E-state index is 1.29. The first kappa shape index (κ1) is 52.1. The third-order valence-corrected chi connectivity index (χ3v) is 21.1. The molecule has 0 saturated carbocycles. The Hall–Kier alpha value is -8.76. The molecule has 0 aromatic heterocycles. The van der Waals surface area contributed by atoms with Gasteiger partial charge in [-0.1, -0.05) is 241 Å². The van der Waals surface area contributed by atoms with Gasteiger partial charge in [0.15, 0.2) is 0 Å². The topological polar surface area (TPSA) is 13.0 Å². The number of fused-ring (bicyclic) bond motifs is 18. The summed E-state index contributed by atoms with van der Waals surface area (Å²) in [5.74, 6) is 0. The van der Waals surface area contributed by atoms with E-state index in [9.17, 15) is 0 Å².